The molecule has 2 aromatic carbocycles. The molecule has 0 bridgehead atoms. The summed E-state index contributed by atoms with van der Waals surface area (Å²) in [5, 5.41) is 6.95. The van der Waals surface area contributed by atoms with Crippen molar-refractivity contribution in [2.45, 2.75) is 26.7 Å². The number of halogens is 1. The van der Waals surface area contributed by atoms with Gasteiger partial charge < -0.3 is 9.26 Å². The summed E-state index contributed by atoms with van der Waals surface area (Å²) >= 11 is 5.86. The molecule has 0 fully saturated rings. The van der Waals surface area contributed by atoms with Crippen molar-refractivity contribution >= 4 is 23.5 Å². The third kappa shape index (κ3) is 4.86. The zero-order valence-electron chi connectivity index (χ0n) is 15.3. The lowest BCUT2D eigenvalue weighted by molar-refractivity contribution is -0.118. The summed E-state index contributed by atoms with van der Waals surface area (Å²) in [5.74, 6) is 1.01. The number of ether oxygens (including phenoxy) is 1. The molecule has 0 saturated carbocycles. The van der Waals surface area contributed by atoms with Crippen molar-refractivity contribution < 1.29 is 14.1 Å². The predicted octanol–water partition coefficient (Wildman–Crippen LogP) is 4.84. The lowest BCUT2D eigenvalue weighted by Gasteiger charge is -2.14. The summed E-state index contributed by atoms with van der Waals surface area (Å²) in [6.07, 6.45) is 0. The van der Waals surface area contributed by atoms with Crippen LogP contribution in [0, 0.1) is 6.92 Å². The standard InChI is InChI=1S/C20H20ClN3O3/c1-12(2)16-9-4-13(3)10-17(16)26-11-18(25)22-20-23-19(27-24-20)14-5-7-15(21)8-6-14/h4-10,12H,11H2,1-3H3,(H,22,24,25). The number of carbonyl (C=O) groups is 1. The van der Waals surface area contributed by atoms with Crippen LogP contribution in [0.25, 0.3) is 11.5 Å². The Hall–Kier alpha value is -2.86. The highest BCUT2D eigenvalue weighted by Gasteiger charge is 2.14. The van der Waals surface area contributed by atoms with E-state index in [4.69, 9.17) is 20.9 Å². The Morgan fingerprint density at radius 2 is 1.96 bits per heavy atom. The minimum Gasteiger partial charge on any atom is -0.483 e. The van der Waals surface area contributed by atoms with E-state index in [1.165, 1.54) is 0 Å². The third-order valence-corrected chi connectivity index (χ3v) is 4.17. The Labute approximate surface area is 162 Å². The average Bonchev–Trinajstić information content (AvgIpc) is 3.08. The van der Waals surface area contributed by atoms with Gasteiger partial charge in [-0.1, -0.05) is 37.6 Å². The number of hydrogen-bond donors (Lipinski definition) is 1. The first-order valence-corrected chi connectivity index (χ1v) is 8.93. The van der Waals surface area contributed by atoms with Crippen molar-refractivity contribution in [3.05, 3.63) is 58.6 Å². The SMILES string of the molecule is Cc1ccc(C(C)C)c(OCC(=O)Nc2noc(-c3ccc(Cl)cc3)n2)c1. The van der Waals surface area contributed by atoms with Crippen molar-refractivity contribution in [1.29, 1.82) is 0 Å². The predicted molar refractivity (Wildman–Crippen MR) is 104 cm³/mol. The van der Waals surface area contributed by atoms with Gasteiger partial charge in [-0.25, -0.2) is 0 Å². The van der Waals surface area contributed by atoms with Crippen molar-refractivity contribution in [1.82, 2.24) is 10.1 Å². The Balaban J connectivity index is 1.62. The highest BCUT2D eigenvalue weighted by Crippen LogP contribution is 2.27. The third-order valence-electron chi connectivity index (χ3n) is 3.92. The Kier molecular flexibility index (Phi) is 5.76. The highest BCUT2D eigenvalue weighted by molar-refractivity contribution is 6.30. The van der Waals surface area contributed by atoms with E-state index in [-0.39, 0.29) is 18.5 Å². The number of nitrogens with zero attached hydrogens (tertiary/aromatic N) is 2. The van der Waals surface area contributed by atoms with Gasteiger partial charge in [-0.3, -0.25) is 10.1 Å². The van der Waals surface area contributed by atoms with Gasteiger partial charge in [0, 0.05) is 10.6 Å². The summed E-state index contributed by atoms with van der Waals surface area (Å²) in [5.41, 5.74) is 2.84. The Morgan fingerprint density at radius 3 is 2.67 bits per heavy atom. The van der Waals surface area contributed by atoms with Gasteiger partial charge in [-0.05, 0) is 59.5 Å². The second kappa shape index (κ2) is 8.22. The van der Waals surface area contributed by atoms with Crippen LogP contribution in [0.3, 0.4) is 0 Å². The Morgan fingerprint density at radius 1 is 1.22 bits per heavy atom. The smallest absolute Gasteiger partial charge is 0.270 e. The maximum Gasteiger partial charge on any atom is 0.270 e. The molecule has 0 radical (unpaired) electrons. The topological polar surface area (TPSA) is 77.2 Å². The van der Waals surface area contributed by atoms with E-state index in [0.29, 0.717) is 28.1 Å². The fraction of sp³-hybridized carbons (Fsp3) is 0.250. The van der Waals surface area contributed by atoms with Gasteiger partial charge in [-0.2, -0.15) is 4.98 Å². The van der Waals surface area contributed by atoms with Gasteiger partial charge in [0.05, 0.1) is 0 Å². The number of anilines is 1. The summed E-state index contributed by atoms with van der Waals surface area (Å²) in [6, 6.07) is 12.9. The summed E-state index contributed by atoms with van der Waals surface area (Å²) < 4.78 is 10.9. The zero-order chi connectivity index (χ0) is 19.4. The van der Waals surface area contributed by atoms with E-state index < -0.39 is 0 Å². The molecule has 140 valence electrons. The quantitative estimate of drug-likeness (QED) is 0.657. The van der Waals surface area contributed by atoms with Crippen LogP contribution < -0.4 is 10.1 Å². The first-order chi connectivity index (χ1) is 12.9. The number of hydrogen-bond acceptors (Lipinski definition) is 5. The van der Waals surface area contributed by atoms with Crippen LogP contribution >= 0.6 is 11.6 Å². The van der Waals surface area contributed by atoms with Gasteiger partial charge in [0.25, 0.3) is 17.7 Å². The number of rotatable bonds is 6. The van der Waals surface area contributed by atoms with E-state index in [1.54, 1.807) is 24.3 Å². The molecule has 0 spiro atoms. The lowest BCUT2D eigenvalue weighted by atomic mass is 10.0. The van der Waals surface area contributed by atoms with E-state index in [9.17, 15) is 4.79 Å². The molecule has 3 aromatic rings. The molecule has 1 aromatic heterocycles. The summed E-state index contributed by atoms with van der Waals surface area (Å²) in [6.45, 7) is 5.99. The van der Waals surface area contributed by atoms with E-state index >= 15 is 0 Å². The molecule has 0 aliphatic heterocycles. The van der Waals surface area contributed by atoms with Crippen LogP contribution in [0.4, 0.5) is 5.95 Å². The van der Waals surface area contributed by atoms with Crippen molar-refractivity contribution in [3.63, 3.8) is 0 Å². The first kappa shape index (κ1) is 18.9. The minimum atomic E-state index is -0.366. The molecule has 0 unspecified atom stereocenters. The average molecular weight is 386 g/mol. The molecule has 6 nitrogen and oxygen atoms in total. The summed E-state index contributed by atoms with van der Waals surface area (Å²) in [7, 11) is 0. The van der Waals surface area contributed by atoms with Gasteiger partial charge in [0.2, 0.25) is 0 Å². The van der Waals surface area contributed by atoms with Crippen molar-refractivity contribution in [2.75, 3.05) is 11.9 Å². The molecule has 7 heteroatoms. The maximum atomic E-state index is 12.2. The van der Waals surface area contributed by atoms with Crippen LogP contribution in [-0.2, 0) is 4.79 Å². The monoisotopic (exact) mass is 385 g/mol. The van der Waals surface area contributed by atoms with Crippen molar-refractivity contribution in [3.8, 4) is 17.2 Å². The highest BCUT2D eigenvalue weighted by atomic mass is 35.5. The lowest BCUT2D eigenvalue weighted by Crippen LogP contribution is -2.21. The van der Waals surface area contributed by atoms with Gasteiger partial charge >= 0.3 is 0 Å². The number of aromatic nitrogens is 2. The van der Waals surface area contributed by atoms with Crippen LogP contribution in [0.5, 0.6) is 5.75 Å². The molecular formula is C20H20ClN3O3. The van der Waals surface area contributed by atoms with Crippen LogP contribution in [0.15, 0.2) is 47.0 Å². The van der Waals surface area contributed by atoms with Gasteiger partial charge in [-0.15, -0.1) is 0 Å². The number of nitrogens with one attached hydrogen (secondary N) is 1. The molecule has 1 heterocycles. The zero-order valence-corrected chi connectivity index (χ0v) is 16.1. The number of benzene rings is 2. The van der Waals surface area contributed by atoms with Crippen molar-refractivity contribution in [2.24, 2.45) is 0 Å². The largest absolute Gasteiger partial charge is 0.483 e. The fourth-order valence-corrected chi connectivity index (χ4v) is 2.66. The van der Waals surface area contributed by atoms with Crippen LogP contribution in [-0.4, -0.2) is 22.7 Å². The normalized spacial score (nSPS) is 10.9. The first-order valence-electron chi connectivity index (χ1n) is 8.55. The Bertz CT molecular complexity index is 936. The molecule has 0 saturated heterocycles. The van der Waals surface area contributed by atoms with Gasteiger partial charge in [0.1, 0.15) is 5.75 Å². The van der Waals surface area contributed by atoms with Crippen LogP contribution in [0.2, 0.25) is 5.02 Å². The molecule has 0 aliphatic carbocycles. The number of amides is 1. The maximum absolute atomic E-state index is 12.2. The molecule has 3 rings (SSSR count). The van der Waals surface area contributed by atoms with Crippen LogP contribution in [0.1, 0.15) is 30.9 Å². The van der Waals surface area contributed by atoms with Gasteiger partial charge in [0.15, 0.2) is 6.61 Å². The number of aryl methyl sites for hydroxylation is 1. The molecule has 1 amide bonds. The molecule has 27 heavy (non-hydrogen) atoms. The minimum absolute atomic E-state index is 0.0851. The van der Waals surface area contributed by atoms with E-state index in [1.807, 2.05) is 25.1 Å². The fourth-order valence-electron chi connectivity index (χ4n) is 2.53. The molecule has 0 aliphatic rings. The second-order valence-electron chi connectivity index (χ2n) is 6.46. The van der Waals surface area contributed by atoms with E-state index in [2.05, 4.69) is 29.3 Å². The molecule has 0 atom stereocenters. The summed E-state index contributed by atoms with van der Waals surface area (Å²) in [4.78, 5) is 16.3. The molecule has 1 N–H and O–H groups in total. The van der Waals surface area contributed by atoms with E-state index in [0.717, 1.165) is 11.1 Å². The second-order valence-corrected chi connectivity index (χ2v) is 6.90. The number of carbonyl (C=O) groups excluding carboxylic acids is 1. The molecular weight excluding hydrogens is 366 g/mol.